The van der Waals surface area contributed by atoms with Gasteiger partial charge in [-0.3, -0.25) is 0 Å². The van der Waals surface area contributed by atoms with Crippen LogP contribution >= 0.6 is 0 Å². The van der Waals surface area contributed by atoms with Gasteiger partial charge >= 0.3 is 0 Å². The van der Waals surface area contributed by atoms with E-state index in [0.29, 0.717) is 0 Å². The number of benzene rings is 1. The van der Waals surface area contributed by atoms with Crippen molar-refractivity contribution in [3.05, 3.63) is 35.4 Å². The minimum Gasteiger partial charge on any atom is -0.311 e. The van der Waals surface area contributed by atoms with Crippen molar-refractivity contribution >= 4 is 0 Å². The molecular formula is C16H26N2. The summed E-state index contributed by atoms with van der Waals surface area (Å²) in [5.41, 5.74) is 2.93. The van der Waals surface area contributed by atoms with Crippen LogP contribution in [0.4, 0.5) is 0 Å². The molecule has 0 atom stereocenters. The van der Waals surface area contributed by atoms with Crippen molar-refractivity contribution in [3.8, 4) is 0 Å². The fraction of sp³-hybridized carbons (Fsp3) is 0.625. The summed E-state index contributed by atoms with van der Waals surface area (Å²) in [5.74, 6) is 0.870. The van der Waals surface area contributed by atoms with Gasteiger partial charge in [-0.25, -0.2) is 0 Å². The van der Waals surface area contributed by atoms with E-state index < -0.39 is 0 Å². The highest BCUT2D eigenvalue weighted by molar-refractivity contribution is 5.27. The van der Waals surface area contributed by atoms with Gasteiger partial charge in [-0.15, -0.1) is 0 Å². The Balaban J connectivity index is 1.66. The van der Waals surface area contributed by atoms with Crippen LogP contribution in [0.1, 0.15) is 43.7 Å². The third-order valence-corrected chi connectivity index (χ3v) is 3.86. The van der Waals surface area contributed by atoms with E-state index in [1.54, 1.807) is 0 Å². The number of nitrogens with zero attached hydrogens (tertiary/aromatic N) is 1. The second-order valence-corrected chi connectivity index (χ2v) is 5.22. The largest absolute Gasteiger partial charge is 0.311 e. The topological polar surface area (TPSA) is 15.3 Å². The van der Waals surface area contributed by atoms with Crippen molar-refractivity contribution < 1.29 is 0 Å². The van der Waals surface area contributed by atoms with E-state index in [1.165, 1.54) is 24.0 Å². The maximum absolute atomic E-state index is 3.52. The van der Waals surface area contributed by atoms with Crippen molar-refractivity contribution in [1.29, 1.82) is 0 Å². The molecule has 1 aliphatic carbocycles. The first-order valence-electron chi connectivity index (χ1n) is 7.35. The molecule has 100 valence electrons. The number of hydrogen-bond donors (Lipinski definition) is 1. The molecule has 1 N–H and O–H groups in total. The van der Waals surface area contributed by atoms with Gasteiger partial charge in [0.25, 0.3) is 0 Å². The lowest BCUT2D eigenvalue weighted by Gasteiger charge is -2.18. The lowest BCUT2D eigenvalue weighted by molar-refractivity contribution is 0.302. The Morgan fingerprint density at radius 3 is 2.33 bits per heavy atom. The predicted octanol–water partition coefficient (Wildman–Crippen LogP) is 3.00. The molecule has 2 rings (SSSR count). The van der Waals surface area contributed by atoms with Gasteiger partial charge in [0, 0.05) is 19.6 Å². The normalized spacial score (nSPS) is 15.3. The van der Waals surface area contributed by atoms with Crippen LogP contribution < -0.4 is 5.32 Å². The van der Waals surface area contributed by atoms with E-state index in [-0.39, 0.29) is 0 Å². The maximum atomic E-state index is 3.52. The second kappa shape index (κ2) is 6.91. The zero-order valence-corrected chi connectivity index (χ0v) is 11.8. The average Bonchev–Trinajstić information content (AvgIpc) is 3.24. The molecule has 1 aromatic carbocycles. The fourth-order valence-corrected chi connectivity index (χ4v) is 2.33. The summed E-state index contributed by atoms with van der Waals surface area (Å²) in [6.07, 6.45) is 2.78. The summed E-state index contributed by atoms with van der Waals surface area (Å²) in [4.78, 5) is 2.45. The molecule has 1 aromatic rings. The van der Waals surface area contributed by atoms with Crippen LogP contribution in [0.25, 0.3) is 0 Å². The summed E-state index contributed by atoms with van der Waals surface area (Å²) in [7, 11) is 0. The van der Waals surface area contributed by atoms with Gasteiger partial charge in [0.1, 0.15) is 0 Å². The highest BCUT2D eigenvalue weighted by Gasteiger charge is 2.22. The predicted molar refractivity (Wildman–Crippen MR) is 77.9 cm³/mol. The van der Waals surface area contributed by atoms with Gasteiger partial charge < -0.3 is 10.2 Å². The van der Waals surface area contributed by atoms with Crippen LogP contribution in [0, 0.1) is 0 Å². The number of hydrogen-bond acceptors (Lipinski definition) is 2. The van der Waals surface area contributed by atoms with Crippen molar-refractivity contribution in [3.63, 3.8) is 0 Å². The summed E-state index contributed by atoms with van der Waals surface area (Å²) < 4.78 is 0. The van der Waals surface area contributed by atoms with E-state index in [1.807, 2.05) is 0 Å². The minimum absolute atomic E-state index is 0.870. The first-order valence-corrected chi connectivity index (χ1v) is 7.35. The van der Waals surface area contributed by atoms with E-state index in [9.17, 15) is 0 Å². The molecule has 1 aliphatic rings. The smallest absolute Gasteiger partial charge is 0.0206 e. The summed E-state index contributed by atoms with van der Waals surface area (Å²) in [6, 6.07) is 9.16. The highest BCUT2D eigenvalue weighted by Crippen LogP contribution is 2.39. The molecule has 0 radical (unpaired) electrons. The minimum atomic E-state index is 0.870. The van der Waals surface area contributed by atoms with E-state index >= 15 is 0 Å². The summed E-state index contributed by atoms with van der Waals surface area (Å²) >= 11 is 0. The molecule has 2 nitrogen and oxygen atoms in total. The Hall–Kier alpha value is -0.860. The number of rotatable bonds is 8. The van der Waals surface area contributed by atoms with Crippen molar-refractivity contribution in [2.45, 2.75) is 39.2 Å². The Labute approximate surface area is 111 Å². The number of likely N-dealkylation sites (N-methyl/N-ethyl adjacent to an activating group) is 1. The molecule has 0 aliphatic heterocycles. The maximum Gasteiger partial charge on any atom is 0.0206 e. The SMILES string of the molecule is CCN(CC)CCNCc1ccc(C2CC2)cc1. The molecule has 0 amide bonds. The van der Waals surface area contributed by atoms with Crippen LogP contribution in [-0.2, 0) is 6.54 Å². The van der Waals surface area contributed by atoms with Gasteiger partial charge in [0.2, 0.25) is 0 Å². The molecule has 18 heavy (non-hydrogen) atoms. The first kappa shape index (κ1) is 13.6. The zero-order valence-electron chi connectivity index (χ0n) is 11.8. The summed E-state index contributed by atoms with van der Waals surface area (Å²) in [5, 5.41) is 3.52. The van der Waals surface area contributed by atoms with Gasteiger partial charge in [0.05, 0.1) is 0 Å². The third-order valence-electron chi connectivity index (χ3n) is 3.86. The van der Waals surface area contributed by atoms with Crippen molar-refractivity contribution in [2.24, 2.45) is 0 Å². The molecule has 2 heteroatoms. The Morgan fingerprint density at radius 1 is 1.11 bits per heavy atom. The third kappa shape index (κ3) is 4.11. The standard InChI is InChI=1S/C16H26N2/c1-3-18(4-2)12-11-17-13-14-5-7-15(8-6-14)16-9-10-16/h5-8,16-17H,3-4,9-13H2,1-2H3. The second-order valence-electron chi connectivity index (χ2n) is 5.22. The van der Waals surface area contributed by atoms with Gasteiger partial charge in [-0.05, 0) is 43.0 Å². The molecular weight excluding hydrogens is 220 g/mol. The zero-order chi connectivity index (χ0) is 12.8. The molecule has 0 spiro atoms. The van der Waals surface area contributed by atoms with Gasteiger partial charge in [-0.2, -0.15) is 0 Å². The molecule has 0 unspecified atom stereocenters. The molecule has 0 saturated heterocycles. The van der Waals surface area contributed by atoms with Crippen LogP contribution in [0.15, 0.2) is 24.3 Å². The average molecular weight is 246 g/mol. The quantitative estimate of drug-likeness (QED) is 0.709. The van der Waals surface area contributed by atoms with E-state index in [2.05, 4.69) is 48.3 Å². The van der Waals surface area contributed by atoms with Gasteiger partial charge in [-0.1, -0.05) is 38.1 Å². The Kier molecular flexibility index (Phi) is 5.21. The Morgan fingerprint density at radius 2 is 1.78 bits per heavy atom. The lowest BCUT2D eigenvalue weighted by atomic mass is 10.1. The molecule has 1 saturated carbocycles. The number of nitrogens with one attached hydrogen (secondary N) is 1. The van der Waals surface area contributed by atoms with Crippen molar-refractivity contribution in [2.75, 3.05) is 26.2 Å². The molecule has 0 heterocycles. The Bertz CT molecular complexity index is 337. The molecule has 1 fully saturated rings. The lowest BCUT2D eigenvalue weighted by Crippen LogP contribution is -2.31. The van der Waals surface area contributed by atoms with Crippen LogP contribution in [0.2, 0.25) is 0 Å². The van der Waals surface area contributed by atoms with Gasteiger partial charge in [0.15, 0.2) is 0 Å². The first-order chi connectivity index (χ1) is 8.83. The molecule has 0 aromatic heterocycles. The summed E-state index contributed by atoms with van der Waals surface area (Å²) in [6.45, 7) is 9.95. The van der Waals surface area contributed by atoms with Crippen molar-refractivity contribution in [1.82, 2.24) is 10.2 Å². The monoisotopic (exact) mass is 246 g/mol. The van der Waals surface area contributed by atoms with Crippen LogP contribution in [0.3, 0.4) is 0 Å². The van der Waals surface area contributed by atoms with Crippen LogP contribution in [0.5, 0.6) is 0 Å². The highest BCUT2D eigenvalue weighted by atomic mass is 15.1. The van der Waals surface area contributed by atoms with E-state index in [0.717, 1.165) is 38.6 Å². The fourth-order valence-electron chi connectivity index (χ4n) is 2.33. The van der Waals surface area contributed by atoms with Crippen LogP contribution in [-0.4, -0.2) is 31.1 Å². The molecule has 0 bridgehead atoms. The van der Waals surface area contributed by atoms with E-state index in [4.69, 9.17) is 0 Å².